The Morgan fingerprint density at radius 2 is 2.22 bits per heavy atom. The Kier molecular flexibility index (Phi) is 4.59. The Hall–Kier alpha value is -1.09. The maximum Gasteiger partial charge on any atom is 0.237 e. The van der Waals surface area contributed by atoms with Gasteiger partial charge in [0.05, 0.1) is 6.07 Å². The van der Waals surface area contributed by atoms with Crippen molar-refractivity contribution in [1.82, 2.24) is 9.80 Å². The van der Waals surface area contributed by atoms with E-state index in [9.17, 15) is 10.1 Å². The second-order valence-electron chi connectivity index (χ2n) is 4.10. The third kappa shape index (κ3) is 2.83. The number of halogens is 1. The number of nitriles is 1. The van der Waals surface area contributed by atoms with Crippen molar-refractivity contribution in [2.75, 3.05) is 32.1 Å². The fraction of sp³-hybridized carbons (Fsp3) is 0.500. The molecule has 6 heteroatoms. The minimum atomic E-state index is -0.196. The predicted molar refractivity (Wildman–Crippen MR) is 71.5 cm³/mol. The molecule has 1 aromatic rings. The van der Waals surface area contributed by atoms with Crippen LogP contribution >= 0.6 is 22.9 Å². The Morgan fingerprint density at radius 1 is 1.50 bits per heavy atom. The van der Waals surface area contributed by atoms with Gasteiger partial charge in [-0.3, -0.25) is 9.69 Å². The van der Waals surface area contributed by atoms with Crippen LogP contribution in [0.5, 0.6) is 0 Å². The van der Waals surface area contributed by atoms with Gasteiger partial charge >= 0.3 is 0 Å². The van der Waals surface area contributed by atoms with Crippen LogP contribution in [0.15, 0.2) is 17.5 Å². The van der Waals surface area contributed by atoms with E-state index in [0.29, 0.717) is 13.1 Å². The molecule has 1 aliphatic rings. The van der Waals surface area contributed by atoms with Crippen LogP contribution in [0.2, 0.25) is 0 Å². The average Bonchev–Trinajstić information content (AvgIpc) is 2.93. The first-order chi connectivity index (χ1) is 8.76. The molecule has 1 saturated heterocycles. The number of thiophene rings is 1. The summed E-state index contributed by atoms with van der Waals surface area (Å²) in [5, 5.41) is 11.3. The maximum atomic E-state index is 11.5. The van der Waals surface area contributed by atoms with E-state index in [1.54, 1.807) is 16.2 Å². The Morgan fingerprint density at radius 3 is 2.72 bits per heavy atom. The lowest BCUT2D eigenvalue weighted by molar-refractivity contribution is -0.130. The molecular weight excluding hydrogens is 270 g/mol. The molecule has 0 radical (unpaired) electrons. The maximum absolute atomic E-state index is 11.5. The summed E-state index contributed by atoms with van der Waals surface area (Å²) in [7, 11) is 0. The smallest absolute Gasteiger partial charge is 0.237 e. The molecule has 1 unspecified atom stereocenters. The van der Waals surface area contributed by atoms with E-state index in [1.807, 2.05) is 17.5 Å². The van der Waals surface area contributed by atoms with Gasteiger partial charge in [-0.15, -0.1) is 22.9 Å². The highest BCUT2D eigenvalue weighted by Crippen LogP contribution is 2.25. The number of piperazine rings is 1. The fourth-order valence-electron chi connectivity index (χ4n) is 2.09. The molecule has 2 rings (SSSR count). The second-order valence-corrected chi connectivity index (χ2v) is 5.34. The summed E-state index contributed by atoms with van der Waals surface area (Å²) < 4.78 is 0. The summed E-state index contributed by atoms with van der Waals surface area (Å²) >= 11 is 7.13. The summed E-state index contributed by atoms with van der Waals surface area (Å²) in [6.07, 6.45) is 0. The van der Waals surface area contributed by atoms with E-state index in [4.69, 9.17) is 11.6 Å². The molecule has 0 aromatic carbocycles. The SMILES string of the molecule is N#CC(c1cccs1)N1CCN(C(=O)CCl)CC1. The average molecular weight is 284 g/mol. The zero-order valence-electron chi connectivity index (χ0n) is 9.88. The van der Waals surface area contributed by atoms with Gasteiger partial charge in [0.25, 0.3) is 0 Å². The van der Waals surface area contributed by atoms with E-state index in [0.717, 1.165) is 18.0 Å². The number of carbonyl (C=O) groups is 1. The van der Waals surface area contributed by atoms with E-state index >= 15 is 0 Å². The largest absolute Gasteiger partial charge is 0.339 e. The van der Waals surface area contributed by atoms with Crippen LogP contribution in [0.1, 0.15) is 10.9 Å². The van der Waals surface area contributed by atoms with E-state index in [2.05, 4.69) is 11.0 Å². The van der Waals surface area contributed by atoms with Crippen molar-refractivity contribution >= 4 is 28.8 Å². The molecule has 1 fully saturated rings. The number of amides is 1. The van der Waals surface area contributed by atoms with Crippen molar-refractivity contribution in [3.8, 4) is 6.07 Å². The molecule has 0 N–H and O–H groups in total. The zero-order valence-corrected chi connectivity index (χ0v) is 11.5. The van der Waals surface area contributed by atoms with Gasteiger partial charge < -0.3 is 4.90 Å². The van der Waals surface area contributed by atoms with Crippen molar-refractivity contribution in [2.45, 2.75) is 6.04 Å². The standard InChI is InChI=1S/C12H14ClN3OS/c13-8-12(17)16-5-3-15(4-6-16)10(9-14)11-2-1-7-18-11/h1-2,7,10H,3-6,8H2. The van der Waals surface area contributed by atoms with Crippen LogP contribution in [0, 0.1) is 11.3 Å². The number of nitrogens with zero attached hydrogens (tertiary/aromatic N) is 3. The minimum Gasteiger partial charge on any atom is -0.339 e. The van der Waals surface area contributed by atoms with Crippen LogP contribution in [0.3, 0.4) is 0 Å². The second kappa shape index (κ2) is 6.19. The van der Waals surface area contributed by atoms with Crippen LogP contribution < -0.4 is 0 Å². The Bertz CT molecular complexity index is 435. The molecule has 18 heavy (non-hydrogen) atoms. The summed E-state index contributed by atoms with van der Waals surface area (Å²) in [5.41, 5.74) is 0. The van der Waals surface area contributed by atoms with Gasteiger partial charge in [-0.2, -0.15) is 5.26 Å². The molecule has 0 aliphatic carbocycles. The summed E-state index contributed by atoms with van der Waals surface area (Å²) in [4.78, 5) is 16.4. The molecule has 0 saturated carbocycles. The zero-order chi connectivity index (χ0) is 13.0. The predicted octanol–water partition coefficient (Wildman–Crippen LogP) is 1.70. The van der Waals surface area contributed by atoms with Gasteiger partial charge in [-0.05, 0) is 11.4 Å². The topological polar surface area (TPSA) is 47.3 Å². The van der Waals surface area contributed by atoms with Crippen molar-refractivity contribution in [3.63, 3.8) is 0 Å². The van der Waals surface area contributed by atoms with Crippen LogP contribution in [-0.2, 0) is 4.79 Å². The molecule has 1 atom stereocenters. The quantitative estimate of drug-likeness (QED) is 0.793. The monoisotopic (exact) mass is 283 g/mol. The van der Waals surface area contributed by atoms with Crippen LogP contribution in [0.25, 0.3) is 0 Å². The van der Waals surface area contributed by atoms with Crippen LogP contribution in [0.4, 0.5) is 0 Å². The van der Waals surface area contributed by atoms with Crippen LogP contribution in [-0.4, -0.2) is 47.8 Å². The van der Waals surface area contributed by atoms with E-state index in [1.165, 1.54) is 0 Å². The third-order valence-electron chi connectivity index (χ3n) is 3.08. The Labute approximate surface area is 115 Å². The number of alkyl halides is 1. The third-order valence-corrected chi connectivity index (χ3v) is 4.23. The molecule has 4 nitrogen and oxygen atoms in total. The molecule has 0 spiro atoms. The lowest BCUT2D eigenvalue weighted by atomic mass is 10.2. The normalized spacial score (nSPS) is 18.3. The first-order valence-corrected chi connectivity index (χ1v) is 7.18. The molecule has 0 bridgehead atoms. The van der Waals surface area contributed by atoms with Gasteiger partial charge in [0, 0.05) is 31.1 Å². The molecule has 1 aliphatic heterocycles. The number of carbonyl (C=O) groups excluding carboxylic acids is 1. The van der Waals surface area contributed by atoms with Crippen molar-refractivity contribution in [1.29, 1.82) is 5.26 Å². The molecule has 1 aromatic heterocycles. The lowest BCUT2D eigenvalue weighted by Gasteiger charge is -2.36. The van der Waals surface area contributed by atoms with Gasteiger partial charge in [-0.1, -0.05) is 6.07 Å². The van der Waals surface area contributed by atoms with Crippen molar-refractivity contribution in [2.24, 2.45) is 0 Å². The summed E-state index contributed by atoms with van der Waals surface area (Å²) in [5.74, 6) is 0.00743. The highest BCUT2D eigenvalue weighted by molar-refractivity contribution is 7.10. The molecule has 1 amide bonds. The fourth-order valence-corrected chi connectivity index (χ4v) is 3.06. The van der Waals surface area contributed by atoms with Gasteiger partial charge in [0.15, 0.2) is 0 Å². The van der Waals surface area contributed by atoms with Gasteiger partial charge in [0.2, 0.25) is 5.91 Å². The molecule has 96 valence electrons. The van der Waals surface area contributed by atoms with E-state index in [-0.39, 0.29) is 17.8 Å². The van der Waals surface area contributed by atoms with E-state index < -0.39 is 0 Å². The van der Waals surface area contributed by atoms with Crippen molar-refractivity contribution in [3.05, 3.63) is 22.4 Å². The van der Waals surface area contributed by atoms with Gasteiger partial charge in [-0.25, -0.2) is 0 Å². The molecular formula is C12H14ClN3OS. The Balaban J connectivity index is 1.97. The molecule has 2 heterocycles. The number of hydrogen-bond donors (Lipinski definition) is 0. The highest BCUT2D eigenvalue weighted by atomic mass is 35.5. The van der Waals surface area contributed by atoms with Gasteiger partial charge in [0.1, 0.15) is 11.9 Å². The lowest BCUT2D eigenvalue weighted by Crippen LogP contribution is -2.49. The first-order valence-electron chi connectivity index (χ1n) is 5.77. The first kappa shape index (κ1) is 13.3. The summed E-state index contributed by atoms with van der Waals surface area (Å²) in [6.45, 7) is 2.74. The summed E-state index contributed by atoms with van der Waals surface area (Å²) in [6, 6.07) is 6.08. The number of rotatable bonds is 3. The minimum absolute atomic E-state index is 0.0269. The number of hydrogen-bond acceptors (Lipinski definition) is 4. The van der Waals surface area contributed by atoms with Crippen molar-refractivity contribution < 1.29 is 4.79 Å². The highest BCUT2D eigenvalue weighted by Gasteiger charge is 2.26.